The van der Waals surface area contributed by atoms with Gasteiger partial charge in [0.15, 0.2) is 0 Å². The van der Waals surface area contributed by atoms with Crippen LogP contribution < -0.4 is 0 Å². The molecule has 0 aliphatic rings. The van der Waals surface area contributed by atoms with Gasteiger partial charge >= 0.3 is 0 Å². The first-order valence-electron chi connectivity index (χ1n) is 3.10. The van der Waals surface area contributed by atoms with E-state index in [1.165, 1.54) is 12.2 Å². The lowest BCUT2D eigenvalue weighted by atomic mass is 10.4. The molecule has 0 heterocycles. The highest BCUT2D eigenvalue weighted by atomic mass is 32.2. The predicted molar refractivity (Wildman–Crippen MR) is 49.2 cm³/mol. The highest BCUT2D eigenvalue weighted by Crippen LogP contribution is 2.01. The van der Waals surface area contributed by atoms with E-state index in [1.54, 1.807) is 18.2 Å². The van der Waals surface area contributed by atoms with Gasteiger partial charge in [-0.2, -0.15) is 8.42 Å². The summed E-state index contributed by atoms with van der Waals surface area (Å²) in [5, 5.41) is 0. The zero-order valence-electron chi connectivity index (χ0n) is 6.47. The van der Waals surface area contributed by atoms with Gasteiger partial charge in [-0.25, -0.2) is 0 Å². The van der Waals surface area contributed by atoms with E-state index < -0.39 is 10.1 Å². The molecule has 0 radical (unpaired) electrons. The molecule has 0 spiro atoms. The van der Waals surface area contributed by atoms with E-state index in [2.05, 4.69) is 13.2 Å². The maximum absolute atomic E-state index is 10.4. The molecule has 66 valence electrons. The van der Waals surface area contributed by atoms with Crippen molar-refractivity contribution in [3.8, 4) is 0 Å². The summed E-state index contributed by atoms with van der Waals surface area (Å²) in [6.45, 7) is 6.55. The van der Waals surface area contributed by atoms with E-state index in [0.717, 1.165) is 0 Å². The fraction of sp³-hybridized carbons (Fsp3) is 0. The van der Waals surface area contributed by atoms with Gasteiger partial charge in [-0.3, -0.25) is 4.55 Å². The van der Waals surface area contributed by atoms with Crippen LogP contribution >= 0.6 is 0 Å². The minimum Gasteiger partial charge on any atom is -0.282 e. The monoisotopic (exact) mass is 186 g/mol. The van der Waals surface area contributed by atoms with Crippen LogP contribution in [0.1, 0.15) is 0 Å². The molecule has 0 aromatic heterocycles. The number of hydrogen-bond acceptors (Lipinski definition) is 2. The van der Waals surface area contributed by atoms with Crippen molar-refractivity contribution in [3.05, 3.63) is 48.4 Å². The second-order valence-corrected chi connectivity index (χ2v) is 3.40. The third kappa shape index (κ3) is 4.65. The van der Waals surface area contributed by atoms with Crippen molar-refractivity contribution >= 4 is 10.1 Å². The van der Waals surface area contributed by atoms with Crippen molar-refractivity contribution < 1.29 is 13.0 Å². The van der Waals surface area contributed by atoms with Crippen molar-refractivity contribution in [2.75, 3.05) is 0 Å². The molecule has 0 aliphatic carbocycles. The summed E-state index contributed by atoms with van der Waals surface area (Å²) >= 11 is 0. The van der Waals surface area contributed by atoms with Crippen LogP contribution in [0.3, 0.4) is 0 Å². The molecule has 0 aliphatic heterocycles. The Morgan fingerprint density at radius 2 is 1.83 bits per heavy atom. The largest absolute Gasteiger partial charge is 0.293 e. The lowest BCUT2D eigenvalue weighted by molar-refractivity contribution is 0.492. The summed E-state index contributed by atoms with van der Waals surface area (Å²) in [5.74, 6) is 0. The van der Waals surface area contributed by atoms with Crippen LogP contribution in [0.15, 0.2) is 48.4 Å². The fourth-order valence-corrected chi connectivity index (χ4v) is 0.642. The number of rotatable bonds is 4. The molecule has 0 saturated heterocycles. The zero-order chi connectivity index (χ0) is 9.61. The standard InChI is InChI=1S/C8H10O3S/c1-3-4-5-6-7-8(2)12(9,10)11/h3-7H,1-2H2,(H,9,10,11)/b5-4-,7-6-. The third-order valence-corrected chi connectivity index (χ3v) is 1.77. The smallest absolute Gasteiger partial charge is 0.282 e. The topological polar surface area (TPSA) is 54.4 Å². The van der Waals surface area contributed by atoms with E-state index in [-0.39, 0.29) is 4.91 Å². The fourth-order valence-electron chi connectivity index (χ4n) is 0.392. The Morgan fingerprint density at radius 1 is 1.25 bits per heavy atom. The average molecular weight is 186 g/mol. The van der Waals surface area contributed by atoms with Crippen molar-refractivity contribution in [2.45, 2.75) is 0 Å². The number of allylic oxidation sites excluding steroid dienone is 5. The summed E-state index contributed by atoms with van der Waals surface area (Å²) in [5.41, 5.74) is 0. The van der Waals surface area contributed by atoms with Crippen molar-refractivity contribution in [3.63, 3.8) is 0 Å². The molecule has 0 fully saturated rings. The van der Waals surface area contributed by atoms with Crippen LogP contribution in [0.4, 0.5) is 0 Å². The SMILES string of the molecule is C=C/C=C\C=C/C(=C)S(=O)(=O)O. The quantitative estimate of drug-likeness (QED) is 0.537. The first-order chi connectivity index (χ1) is 5.48. The molecule has 0 bridgehead atoms. The van der Waals surface area contributed by atoms with Crippen LogP contribution in [0.5, 0.6) is 0 Å². The van der Waals surface area contributed by atoms with Gasteiger partial charge in [-0.15, -0.1) is 0 Å². The second-order valence-electron chi connectivity index (χ2n) is 1.92. The maximum atomic E-state index is 10.4. The van der Waals surface area contributed by atoms with Crippen LogP contribution in [0.2, 0.25) is 0 Å². The first-order valence-corrected chi connectivity index (χ1v) is 4.54. The van der Waals surface area contributed by atoms with Crippen LogP contribution in [0, 0.1) is 0 Å². The molecule has 1 N–H and O–H groups in total. The van der Waals surface area contributed by atoms with E-state index >= 15 is 0 Å². The Bertz CT molecular complexity index is 320. The highest BCUT2D eigenvalue weighted by molar-refractivity contribution is 7.90. The van der Waals surface area contributed by atoms with Gasteiger partial charge in [0.25, 0.3) is 10.1 Å². The Kier molecular flexibility index (Phi) is 4.25. The van der Waals surface area contributed by atoms with Gasteiger partial charge < -0.3 is 0 Å². The molecular weight excluding hydrogens is 176 g/mol. The van der Waals surface area contributed by atoms with Gasteiger partial charge in [0, 0.05) is 0 Å². The predicted octanol–water partition coefficient (Wildman–Crippen LogP) is 1.69. The molecule has 0 saturated carbocycles. The highest BCUT2D eigenvalue weighted by Gasteiger charge is 2.04. The van der Waals surface area contributed by atoms with Crippen LogP contribution in [0.25, 0.3) is 0 Å². The molecule has 0 unspecified atom stereocenters. The summed E-state index contributed by atoms with van der Waals surface area (Å²) in [4.78, 5) is -0.337. The molecule has 0 aromatic rings. The molecule has 0 amide bonds. The van der Waals surface area contributed by atoms with E-state index in [9.17, 15) is 8.42 Å². The van der Waals surface area contributed by atoms with E-state index in [4.69, 9.17) is 4.55 Å². The first kappa shape index (κ1) is 10.9. The molecular formula is C8H10O3S. The Morgan fingerprint density at radius 3 is 2.25 bits per heavy atom. The molecule has 0 aromatic carbocycles. The Balaban J connectivity index is 4.30. The van der Waals surface area contributed by atoms with Gasteiger partial charge in [-0.05, 0) is 6.08 Å². The maximum Gasteiger partial charge on any atom is 0.293 e. The van der Waals surface area contributed by atoms with Gasteiger partial charge in [0.05, 0.1) is 4.91 Å². The van der Waals surface area contributed by atoms with Crippen molar-refractivity contribution in [2.24, 2.45) is 0 Å². The lowest BCUT2D eigenvalue weighted by Gasteiger charge is -1.90. The van der Waals surface area contributed by atoms with Gasteiger partial charge in [-0.1, -0.05) is 37.5 Å². The lowest BCUT2D eigenvalue weighted by Crippen LogP contribution is -1.96. The minimum absolute atomic E-state index is 0.337. The summed E-state index contributed by atoms with van der Waals surface area (Å²) in [6, 6.07) is 0. The molecule has 3 nitrogen and oxygen atoms in total. The van der Waals surface area contributed by atoms with Crippen molar-refractivity contribution in [1.29, 1.82) is 0 Å². The van der Waals surface area contributed by atoms with Gasteiger partial charge in [0.2, 0.25) is 0 Å². The zero-order valence-corrected chi connectivity index (χ0v) is 7.29. The summed E-state index contributed by atoms with van der Waals surface area (Å²) in [7, 11) is -4.13. The normalized spacial score (nSPS) is 12.4. The minimum atomic E-state index is -4.13. The Labute approximate surface area is 72.2 Å². The molecule has 12 heavy (non-hydrogen) atoms. The average Bonchev–Trinajstić information content (AvgIpc) is 1.96. The third-order valence-electron chi connectivity index (χ3n) is 0.972. The molecule has 0 rings (SSSR count). The second kappa shape index (κ2) is 4.69. The van der Waals surface area contributed by atoms with Gasteiger partial charge in [0.1, 0.15) is 0 Å². The number of hydrogen-bond donors (Lipinski definition) is 1. The van der Waals surface area contributed by atoms with Crippen molar-refractivity contribution in [1.82, 2.24) is 0 Å². The van der Waals surface area contributed by atoms with Crippen LogP contribution in [-0.2, 0) is 10.1 Å². The van der Waals surface area contributed by atoms with E-state index in [1.807, 2.05) is 0 Å². The van der Waals surface area contributed by atoms with E-state index in [0.29, 0.717) is 0 Å². The molecule has 0 atom stereocenters. The Hall–Kier alpha value is -1.13. The van der Waals surface area contributed by atoms with Crippen LogP contribution in [-0.4, -0.2) is 13.0 Å². The summed E-state index contributed by atoms with van der Waals surface area (Å²) < 4.78 is 29.1. The molecule has 4 heteroatoms. The summed E-state index contributed by atoms with van der Waals surface area (Å²) in [6.07, 6.45) is 7.37.